The van der Waals surface area contributed by atoms with Crippen LogP contribution in [0, 0.1) is 0 Å². The Bertz CT molecular complexity index is 961. The topological polar surface area (TPSA) is 55.7 Å². The molecule has 0 saturated heterocycles. The number of allylic oxidation sites excluding steroid dienone is 5. The minimum absolute atomic E-state index is 0.533. The van der Waals surface area contributed by atoms with Crippen LogP contribution in [0.2, 0.25) is 0 Å². The van der Waals surface area contributed by atoms with Gasteiger partial charge in [0, 0.05) is 26.0 Å². The fourth-order valence-corrected chi connectivity index (χ4v) is 3.42. The summed E-state index contributed by atoms with van der Waals surface area (Å²) in [6, 6.07) is 12.4. The highest BCUT2D eigenvalue weighted by atomic mass is 15.2. The van der Waals surface area contributed by atoms with Crippen LogP contribution in [-0.2, 0) is 13.1 Å². The zero-order valence-electron chi connectivity index (χ0n) is 17.6. The summed E-state index contributed by atoms with van der Waals surface area (Å²) in [7, 11) is 0. The van der Waals surface area contributed by atoms with Crippen molar-refractivity contribution in [3.05, 3.63) is 89.6 Å². The molecule has 0 fully saturated rings. The van der Waals surface area contributed by atoms with E-state index in [9.17, 15) is 0 Å². The summed E-state index contributed by atoms with van der Waals surface area (Å²) < 4.78 is 2.14. The van der Waals surface area contributed by atoms with Gasteiger partial charge in [-0.3, -0.25) is 0 Å². The molecule has 29 heavy (non-hydrogen) atoms. The number of nitrogens with zero attached hydrogens (tertiary/aromatic N) is 3. The smallest absolute Gasteiger partial charge is 0.155 e. The highest BCUT2D eigenvalue weighted by Gasteiger charge is 2.04. The Morgan fingerprint density at radius 2 is 2.00 bits per heavy atom. The molecule has 152 valence electrons. The molecule has 0 atom stereocenters. The molecule has 0 bridgehead atoms. The second-order valence-electron chi connectivity index (χ2n) is 6.83. The predicted molar refractivity (Wildman–Crippen MR) is 124 cm³/mol. The first-order valence-corrected chi connectivity index (χ1v) is 10.1. The number of aryl methyl sites for hydroxylation is 1. The Hall–Kier alpha value is -2.98. The Kier molecular flexibility index (Phi) is 9.06. The maximum absolute atomic E-state index is 5.80. The lowest BCUT2D eigenvalue weighted by Gasteiger charge is -2.12. The van der Waals surface area contributed by atoms with Gasteiger partial charge in [-0.1, -0.05) is 49.9 Å². The molecule has 2 N–H and O–H groups in total. The summed E-state index contributed by atoms with van der Waals surface area (Å²) >= 11 is 0. The molecule has 1 aromatic carbocycles. The van der Waals surface area contributed by atoms with Gasteiger partial charge in [0.2, 0.25) is 0 Å². The molecular formula is C25H32N4. The lowest BCUT2D eigenvalue weighted by atomic mass is 10.0. The third kappa shape index (κ3) is 6.26. The summed E-state index contributed by atoms with van der Waals surface area (Å²) in [6.07, 6.45) is 11.4. The van der Waals surface area contributed by atoms with Gasteiger partial charge < -0.3 is 10.3 Å². The first kappa shape index (κ1) is 22.3. The van der Waals surface area contributed by atoms with Crippen LogP contribution < -0.4 is 11.2 Å². The zero-order chi connectivity index (χ0) is 21.1. The van der Waals surface area contributed by atoms with Crippen LogP contribution in [0.4, 0.5) is 0 Å². The molecule has 1 aromatic heterocycles. The Labute approximate surface area is 174 Å². The standard InChI is InChI=1S/C25H32N4/c1-5-10-22(21(6-2)7-3)13-9-16-29-19-24(14-15-25(29)28-27-4)23-12-8-11-20(17-23)18-26/h5-6,8,10-12,14-15,17,19H,2,4,7,9,13,16,18,26H2,1,3H3/b10-5-,22-21-,28-25-. The number of hydrogen-bond acceptors (Lipinski definition) is 3. The summed E-state index contributed by atoms with van der Waals surface area (Å²) in [4.78, 5) is 0. The van der Waals surface area contributed by atoms with E-state index < -0.39 is 0 Å². The molecule has 0 amide bonds. The van der Waals surface area contributed by atoms with E-state index in [0.29, 0.717) is 6.54 Å². The van der Waals surface area contributed by atoms with E-state index in [4.69, 9.17) is 5.73 Å². The van der Waals surface area contributed by atoms with Crippen LogP contribution in [0.3, 0.4) is 0 Å². The molecule has 1 heterocycles. The van der Waals surface area contributed by atoms with Crippen molar-refractivity contribution in [2.24, 2.45) is 15.9 Å². The third-order valence-corrected chi connectivity index (χ3v) is 4.92. The van der Waals surface area contributed by atoms with E-state index in [0.717, 1.165) is 48.0 Å². The number of benzene rings is 1. The van der Waals surface area contributed by atoms with E-state index in [1.165, 1.54) is 11.1 Å². The van der Waals surface area contributed by atoms with Crippen LogP contribution in [0.1, 0.15) is 38.7 Å². The fourth-order valence-electron chi connectivity index (χ4n) is 3.42. The van der Waals surface area contributed by atoms with E-state index in [2.05, 4.69) is 78.5 Å². The second-order valence-corrected chi connectivity index (χ2v) is 6.83. The van der Waals surface area contributed by atoms with Gasteiger partial charge >= 0.3 is 0 Å². The van der Waals surface area contributed by atoms with Crippen LogP contribution in [0.5, 0.6) is 0 Å². The van der Waals surface area contributed by atoms with Crippen molar-refractivity contribution in [3.8, 4) is 11.1 Å². The highest BCUT2D eigenvalue weighted by Crippen LogP contribution is 2.20. The number of rotatable bonds is 10. The molecule has 0 aliphatic rings. The highest BCUT2D eigenvalue weighted by molar-refractivity contribution is 5.63. The molecular weight excluding hydrogens is 356 g/mol. The number of aromatic nitrogens is 1. The van der Waals surface area contributed by atoms with E-state index in [-0.39, 0.29) is 0 Å². The van der Waals surface area contributed by atoms with Crippen molar-refractivity contribution in [2.45, 2.75) is 46.2 Å². The van der Waals surface area contributed by atoms with Crippen LogP contribution >= 0.6 is 0 Å². The minimum atomic E-state index is 0.533. The molecule has 0 aliphatic heterocycles. The number of pyridine rings is 1. The van der Waals surface area contributed by atoms with Crippen LogP contribution in [0.15, 0.2) is 88.8 Å². The van der Waals surface area contributed by atoms with Gasteiger partial charge in [-0.05, 0) is 72.2 Å². The van der Waals surface area contributed by atoms with Gasteiger partial charge in [0.15, 0.2) is 5.49 Å². The molecule has 0 unspecified atom stereocenters. The Balaban J connectivity index is 2.30. The monoisotopic (exact) mass is 388 g/mol. The fraction of sp³-hybridized carbons (Fsp3) is 0.280. The van der Waals surface area contributed by atoms with Gasteiger partial charge in [-0.2, -0.15) is 5.10 Å². The molecule has 4 heteroatoms. The summed E-state index contributed by atoms with van der Waals surface area (Å²) in [5.74, 6) is 0. The van der Waals surface area contributed by atoms with Gasteiger partial charge in [0.05, 0.1) is 0 Å². The maximum Gasteiger partial charge on any atom is 0.155 e. The van der Waals surface area contributed by atoms with E-state index in [1.807, 2.05) is 24.3 Å². The normalized spacial score (nSPS) is 12.9. The van der Waals surface area contributed by atoms with Crippen molar-refractivity contribution in [1.29, 1.82) is 0 Å². The SMILES string of the molecule is C=C/C(CC)=C(\C=C/C)CCCn1cc(-c2cccc(CN)c2)cc/c1=N/N=C. The average Bonchev–Trinajstić information content (AvgIpc) is 2.75. The summed E-state index contributed by atoms with van der Waals surface area (Å²) in [6.45, 7) is 13.1. The Morgan fingerprint density at radius 3 is 2.66 bits per heavy atom. The molecule has 0 saturated carbocycles. The second kappa shape index (κ2) is 11.8. The van der Waals surface area contributed by atoms with Gasteiger partial charge in [0.1, 0.15) is 0 Å². The quantitative estimate of drug-likeness (QED) is 0.332. The van der Waals surface area contributed by atoms with Crippen molar-refractivity contribution >= 4 is 6.72 Å². The largest absolute Gasteiger partial charge is 0.331 e. The third-order valence-electron chi connectivity index (χ3n) is 4.92. The van der Waals surface area contributed by atoms with Crippen molar-refractivity contribution in [3.63, 3.8) is 0 Å². The van der Waals surface area contributed by atoms with Crippen molar-refractivity contribution in [1.82, 2.24) is 4.57 Å². The Morgan fingerprint density at radius 1 is 1.17 bits per heavy atom. The summed E-state index contributed by atoms with van der Waals surface area (Å²) in [5, 5.41) is 7.92. The van der Waals surface area contributed by atoms with E-state index in [1.54, 1.807) is 0 Å². The molecule has 2 rings (SSSR count). The first-order valence-electron chi connectivity index (χ1n) is 10.1. The van der Waals surface area contributed by atoms with Gasteiger partial charge in [-0.15, -0.1) is 5.10 Å². The van der Waals surface area contributed by atoms with Gasteiger partial charge in [0.25, 0.3) is 0 Å². The molecule has 4 nitrogen and oxygen atoms in total. The zero-order valence-corrected chi connectivity index (χ0v) is 17.6. The van der Waals surface area contributed by atoms with Crippen molar-refractivity contribution < 1.29 is 0 Å². The number of hydrogen-bond donors (Lipinski definition) is 1. The summed E-state index contributed by atoms with van der Waals surface area (Å²) in [5.41, 5.74) is 12.6. The van der Waals surface area contributed by atoms with E-state index >= 15 is 0 Å². The van der Waals surface area contributed by atoms with Crippen LogP contribution in [0.25, 0.3) is 11.1 Å². The lowest BCUT2D eigenvalue weighted by Crippen LogP contribution is -2.20. The number of nitrogens with two attached hydrogens (primary N) is 1. The van der Waals surface area contributed by atoms with Crippen LogP contribution in [-0.4, -0.2) is 11.3 Å². The first-order chi connectivity index (χ1) is 14.2. The lowest BCUT2D eigenvalue weighted by molar-refractivity contribution is 0.611. The maximum atomic E-state index is 5.80. The molecule has 0 aliphatic carbocycles. The van der Waals surface area contributed by atoms with Gasteiger partial charge in [-0.25, -0.2) is 0 Å². The molecule has 0 radical (unpaired) electrons. The average molecular weight is 389 g/mol. The van der Waals surface area contributed by atoms with Crippen molar-refractivity contribution in [2.75, 3.05) is 0 Å². The molecule has 2 aromatic rings. The molecule has 0 spiro atoms. The minimum Gasteiger partial charge on any atom is -0.331 e. The predicted octanol–water partition coefficient (Wildman–Crippen LogP) is 5.38.